The third-order valence-corrected chi connectivity index (χ3v) is 16.2. The van der Waals surface area contributed by atoms with Crippen molar-refractivity contribution in [2.75, 3.05) is 25.2 Å². The summed E-state index contributed by atoms with van der Waals surface area (Å²) in [4.78, 5) is 73.1. The zero-order valence-electron chi connectivity index (χ0n) is 43.4. The Balaban J connectivity index is 1.11. The summed E-state index contributed by atoms with van der Waals surface area (Å²) in [5.41, 5.74) is 5.26. The number of nitrogens with zero attached hydrogens (tertiary/aromatic N) is 1. The fourth-order valence-corrected chi connectivity index (χ4v) is 12.1. The summed E-state index contributed by atoms with van der Waals surface area (Å²) in [6.07, 6.45) is 5.75. The highest BCUT2D eigenvalue weighted by atomic mass is 32.2. The number of aliphatic hydroxyl groups is 1. The number of rotatable bonds is 26. The van der Waals surface area contributed by atoms with E-state index in [1.165, 1.54) is 32.7 Å². The van der Waals surface area contributed by atoms with Gasteiger partial charge >= 0.3 is 5.97 Å². The second-order valence-corrected chi connectivity index (χ2v) is 21.4. The van der Waals surface area contributed by atoms with Crippen LogP contribution in [0.25, 0.3) is 0 Å². The first-order valence-electron chi connectivity index (χ1n) is 25.5. The predicted octanol–water partition coefficient (Wildman–Crippen LogP) is 8.93. The van der Waals surface area contributed by atoms with Crippen LogP contribution < -0.4 is 21.3 Å². The zero-order chi connectivity index (χ0) is 54.5. The molecule has 0 radical (unpaired) electrons. The molecule has 4 amide bonds. The number of aliphatic hydroxyl groups excluding tert-OH is 1. The maximum atomic E-state index is 14.8. The van der Waals surface area contributed by atoms with Crippen molar-refractivity contribution in [2.24, 2.45) is 0 Å². The van der Waals surface area contributed by atoms with E-state index in [0.717, 1.165) is 33.4 Å². The first kappa shape index (κ1) is 56.9. The van der Waals surface area contributed by atoms with E-state index in [4.69, 9.17) is 4.74 Å². The lowest BCUT2D eigenvalue weighted by Gasteiger charge is -2.37. The highest BCUT2D eigenvalue weighted by Gasteiger charge is 2.41. The van der Waals surface area contributed by atoms with Crippen molar-refractivity contribution < 1.29 is 33.8 Å². The van der Waals surface area contributed by atoms with Crippen LogP contribution in [-0.2, 0) is 44.6 Å². The Morgan fingerprint density at radius 2 is 1.05 bits per heavy atom. The van der Waals surface area contributed by atoms with Crippen LogP contribution in [0.15, 0.2) is 219 Å². The number of hydrogen-bond donors (Lipinski definition) is 5. The Kier molecular flexibility index (Phi) is 20.6. The first-order chi connectivity index (χ1) is 37.4. The number of aromatic nitrogens is 1. The average molecular weight is 1070 g/mol. The molecule has 7 aromatic rings. The molecule has 14 heteroatoms. The number of allylic oxidation sites excluding steroid dienone is 1. The van der Waals surface area contributed by atoms with Gasteiger partial charge in [-0.2, -0.15) is 0 Å². The molecule has 0 saturated carbocycles. The summed E-state index contributed by atoms with van der Waals surface area (Å²) in [6, 6.07) is 61.8. The van der Waals surface area contributed by atoms with Crippen LogP contribution in [0, 0.1) is 0 Å². The molecule has 12 nitrogen and oxygen atoms in total. The summed E-state index contributed by atoms with van der Waals surface area (Å²) in [5, 5.41) is 22.4. The maximum Gasteiger partial charge on any atom is 0.325 e. The Bertz CT molecular complexity index is 2820. The van der Waals surface area contributed by atoms with Gasteiger partial charge in [-0.15, -0.1) is 23.5 Å². The van der Waals surface area contributed by atoms with E-state index in [2.05, 4.69) is 62.6 Å². The lowest BCUT2D eigenvalue weighted by Crippen LogP contribution is -2.61. The molecule has 7 rings (SSSR count). The van der Waals surface area contributed by atoms with E-state index in [1.807, 2.05) is 152 Å². The van der Waals surface area contributed by atoms with Crippen LogP contribution in [0.5, 0.6) is 0 Å². The standard InChI is InChI=1S/C63H65N5O7S2/c1-61(2,60(74)65-44-57(71)75-3)68-59(73)55(45-77-63(50-32-16-7-17-33-50,51-34-18-8-19-35-51)52-36-20-9-21-37-52)67-58(72)54(41-46-25-24-39-64-43-46)66-56(70)42-53(69)38-22-23-40-76-62(47-26-10-4-11-27-47,48-28-12-5-13-29-48)49-30-14-6-15-31-49/h4-22,24-39,43,53-55,69H,23,40-42,44-45H2,1-3H3,(H,65,74)(H,66,70)(H,67,72)(H,68,73)/t53-,54-,55-/m1/s1. The normalized spacial score (nSPS) is 12.9. The summed E-state index contributed by atoms with van der Waals surface area (Å²) < 4.78 is 3.28. The number of methoxy groups -OCH3 is 1. The molecule has 1 heterocycles. The average Bonchev–Trinajstić information content (AvgIpc) is 3.50. The van der Waals surface area contributed by atoms with Gasteiger partial charge in [0.1, 0.15) is 24.2 Å². The summed E-state index contributed by atoms with van der Waals surface area (Å²) >= 11 is 3.22. The first-order valence-corrected chi connectivity index (χ1v) is 27.4. The van der Waals surface area contributed by atoms with Crippen molar-refractivity contribution in [3.8, 4) is 0 Å². The number of benzene rings is 6. The molecule has 0 unspecified atom stereocenters. The van der Waals surface area contributed by atoms with Gasteiger partial charge in [0.15, 0.2) is 0 Å². The van der Waals surface area contributed by atoms with Crippen LogP contribution >= 0.6 is 23.5 Å². The van der Waals surface area contributed by atoms with E-state index < -0.39 is 69.4 Å². The molecule has 0 aliphatic heterocycles. The number of esters is 1. The molecule has 6 aromatic carbocycles. The number of amides is 4. The van der Waals surface area contributed by atoms with Crippen molar-refractivity contribution in [2.45, 2.75) is 66.3 Å². The van der Waals surface area contributed by atoms with Gasteiger partial charge in [-0.3, -0.25) is 29.0 Å². The van der Waals surface area contributed by atoms with Crippen molar-refractivity contribution >= 4 is 53.1 Å². The van der Waals surface area contributed by atoms with Crippen molar-refractivity contribution in [1.82, 2.24) is 26.3 Å². The Morgan fingerprint density at radius 1 is 0.597 bits per heavy atom. The second-order valence-electron chi connectivity index (χ2n) is 18.8. The Labute approximate surface area is 459 Å². The minimum atomic E-state index is -1.56. The van der Waals surface area contributed by atoms with Gasteiger partial charge in [-0.05, 0) is 71.0 Å². The lowest BCUT2D eigenvalue weighted by atomic mass is 9.84. The summed E-state index contributed by atoms with van der Waals surface area (Å²) in [7, 11) is 1.20. The fourth-order valence-electron chi connectivity index (χ4n) is 9.11. The van der Waals surface area contributed by atoms with E-state index in [1.54, 1.807) is 42.4 Å². The molecule has 0 spiro atoms. The third-order valence-electron chi connectivity index (χ3n) is 13.0. The number of pyridine rings is 1. The largest absolute Gasteiger partial charge is 0.468 e. The zero-order valence-corrected chi connectivity index (χ0v) is 45.1. The van der Waals surface area contributed by atoms with Gasteiger partial charge in [-0.25, -0.2) is 0 Å². The molecule has 1 aromatic heterocycles. The molecule has 3 atom stereocenters. The van der Waals surface area contributed by atoms with E-state index in [9.17, 15) is 29.1 Å². The van der Waals surface area contributed by atoms with E-state index in [0.29, 0.717) is 17.7 Å². The number of ether oxygens (including phenoxy) is 1. The van der Waals surface area contributed by atoms with Crippen LogP contribution in [-0.4, -0.2) is 88.6 Å². The quantitative estimate of drug-likeness (QED) is 0.0152. The molecule has 0 aliphatic rings. The number of nitrogens with one attached hydrogen (secondary N) is 4. The summed E-state index contributed by atoms with van der Waals surface area (Å²) in [5.74, 6) is -2.62. The lowest BCUT2D eigenvalue weighted by molar-refractivity contribution is -0.142. The molecule has 0 aliphatic carbocycles. The minimum Gasteiger partial charge on any atom is -0.468 e. The number of thioether (sulfide) groups is 2. The van der Waals surface area contributed by atoms with Gasteiger partial charge in [0.2, 0.25) is 23.6 Å². The highest BCUT2D eigenvalue weighted by molar-refractivity contribution is 8.00. The fraction of sp³-hybridized carbons (Fsp3) is 0.238. The number of carbonyl (C=O) groups is 5. The monoisotopic (exact) mass is 1070 g/mol. The molecule has 0 saturated heterocycles. The molecule has 5 N–H and O–H groups in total. The molecule has 396 valence electrons. The van der Waals surface area contributed by atoms with Crippen molar-refractivity contribution in [3.63, 3.8) is 0 Å². The second kappa shape index (κ2) is 27.8. The van der Waals surface area contributed by atoms with Gasteiger partial charge in [-0.1, -0.05) is 200 Å². The maximum absolute atomic E-state index is 14.8. The summed E-state index contributed by atoms with van der Waals surface area (Å²) in [6.45, 7) is 2.56. The van der Waals surface area contributed by atoms with Gasteiger partial charge < -0.3 is 31.1 Å². The van der Waals surface area contributed by atoms with Gasteiger partial charge in [0, 0.05) is 24.6 Å². The highest BCUT2D eigenvalue weighted by Crippen LogP contribution is 2.50. The van der Waals surface area contributed by atoms with Crippen LogP contribution in [0.4, 0.5) is 0 Å². The van der Waals surface area contributed by atoms with Crippen molar-refractivity contribution in [1.29, 1.82) is 0 Å². The Hall–Kier alpha value is -7.78. The topological polar surface area (TPSA) is 176 Å². The van der Waals surface area contributed by atoms with Gasteiger partial charge in [0.05, 0.1) is 29.1 Å². The minimum absolute atomic E-state index is 0.00541. The SMILES string of the molecule is COC(=O)CNC(=O)C(C)(C)NC(=O)[C@@H](CSC(c1ccccc1)(c1ccccc1)c1ccccc1)NC(=O)[C@@H](Cc1cccnc1)NC(=O)C[C@H](O)C=CCCSC(c1ccccc1)(c1ccccc1)c1ccccc1. The van der Waals surface area contributed by atoms with E-state index >= 15 is 0 Å². The van der Waals surface area contributed by atoms with Crippen LogP contribution in [0.2, 0.25) is 0 Å². The van der Waals surface area contributed by atoms with E-state index in [-0.39, 0.29) is 18.6 Å². The molecular weight excluding hydrogens is 1000 g/mol. The number of hydrogen-bond acceptors (Lipinski definition) is 10. The van der Waals surface area contributed by atoms with Crippen molar-refractivity contribution in [3.05, 3.63) is 258 Å². The smallest absolute Gasteiger partial charge is 0.325 e. The number of carbonyl (C=O) groups excluding carboxylic acids is 5. The van der Waals surface area contributed by atoms with Gasteiger partial charge in [0.25, 0.3) is 0 Å². The van der Waals surface area contributed by atoms with Crippen LogP contribution in [0.3, 0.4) is 0 Å². The predicted molar refractivity (Wildman–Crippen MR) is 307 cm³/mol. The Morgan fingerprint density at radius 3 is 1.48 bits per heavy atom. The molecule has 0 bridgehead atoms. The third kappa shape index (κ3) is 15.0. The van der Waals surface area contributed by atoms with Crippen LogP contribution in [0.1, 0.15) is 65.6 Å². The molecular formula is C63H65N5O7S2. The molecule has 77 heavy (non-hydrogen) atoms. The molecule has 0 fully saturated rings.